The molecule has 2 atom stereocenters. The number of pyridine rings is 1. The van der Waals surface area contributed by atoms with Gasteiger partial charge in [0.2, 0.25) is 10.0 Å². The van der Waals surface area contributed by atoms with Gasteiger partial charge in [-0.15, -0.1) is 0 Å². The van der Waals surface area contributed by atoms with Gasteiger partial charge in [-0.2, -0.15) is 0 Å². The molecule has 0 radical (unpaired) electrons. The maximum absolute atomic E-state index is 13.9. The van der Waals surface area contributed by atoms with Crippen molar-refractivity contribution < 1.29 is 23.1 Å². The van der Waals surface area contributed by atoms with Crippen molar-refractivity contribution in [3.63, 3.8) is 0 Å². The van der Waals surface area contributed by atoms with E-state index in [4.69, 9.17) is 9.72 Å². The number of fused-ring (bicyclic) bond motifs is 1. The molecule has 11 nitrogen and oxygen atoms in total. The highest BCUT2D eigenvalue weighted by atomic mass is 32.2. The van der Waals surface area contributed by atoms with E-state index in [2.05, 4.69) is 19.8 Å². The predicted octanol–water partition coefficient (Wildman–Crippen LogP) is 3.09. The molecule has 1 aromatic carbocycles. The number of carbonyl (C=O) groups excluding carboxylic acids is 1. The number of ether oxygens (including phenoxy) is 1. The average molecular weight is 597 g/mol. The Morgan fingerprint density at radius 3 is 2.60 bits per heavy atom. The van der Waals surface area contributed by atoms with Gasteiger partial charge in [0.15, 0.2) is 5.82 Å². The Morgan fingerprint density at radius 2 is 1.90 bits per heavy atom. The van der Waals surface area contributed by atoms with Crippen LogP contribution in [0, 0.1) is 5.41 Å². The van der Waals surface area contributed by atoms with Crippen LogP contribution in [0.3, 0.4) is 0 Å². The number of hydrogen-bond acceptors (Lipinski definition) is 8. The van der Waals surface area contributed by atoms with Crippen molar-refractivity contribution in [3.8, 4) is 0 Å². The van der Waals surface area contributed by atoms with Crippen LogP contribution in [-0.2, 0) is 21.8 Å². The number of aryl methyl sites for hydroxylation is 1. The predicted molar refractivity (Wildman–Crippen MR) is 163 cm³/mol. The molecule has 0 bridgehead atoms. The minimum atomic E-state index is -3.89. The fraction of sp³-hybridized carbons (Fsp3) is 0.533. The SMILES string of the molecule is C[C@@H]1CN(c2nc(NC(=O)c3ccc(S(=O)(=O)N[C@@H](C)CO)cc3N3CCC4(CC3)CC4)cc3ccn(C)c23)CCO1. The van der Waals surface area contributed by atoms with Crippen LogP contribution < -0.4 is 19.8 Å². The highest BCUT2D eigenvalue weighted by molar-refractivity contribution is 7.89. The maximum atomic E-state index is 13.9. The number of aliphatic hydroxyl groups excluding tert-OH is 1. The summed E-state index contributed by atoms with van der Waals surface area (Å²) in [4.78, 5) is 23.2. The number of nitrogens with one attached hydrogen (secondary N) is 2. The molecule has 226 valence electrons. The van der Waals surface area contributed by atoms with Crippen LogP contribution in [0.15, 0.2) is 41.4 Å². The van der Waals surface area contributed by atoms with Gasteiger partial charge in [0.1, 0.15) is 5.82 Å². The summed E-state index contributed by atoms with van der Waals surface area (Å²) in [5, 5.41) is 13.4. The lowest BCUT2D eigenvalue weighted by Gasteiger charge is -2.35. The van der Waals surface area contributed by atoms with Crippen LogP contribution in [0.4, 0.5) is 17.3 Å². The van der Waals surface area contributed by atoms with Gasteiger partial charge >= 0.3 is 0 Å². The fourth-order valence-electron chi connectivity index (χ4n) is 6.18. The zero-order chi connectivity index (χ0) is 29.6. The summed E-state index contributed by atoms with van der Waals surface area (Å²) in [6.07, 6.45) is 6.58. The Kier molecular flexibility index (Phi) is 7.67. The van der Waals surface area contributed by atoms with Gasteiger partial charge in [0.05, 0.1) is 41.0 Å². The van der Waals surface area contributed by atoms with E-state index in [0.29, 0.717) is 42.2 Å². The monoisotopic (exact) mass is 596 g/mol. The van der Waals surface area contributed by atoms with Gasteiger partial charge in [-0.1, -0.05) is 0 Å². The lowest BCUT2D eigenvalue weighted by molar-refractivity contribution is 0.0530. The molecule has 1 aliphatic carbocycles. The van der Waals surface area contributed by atoms with Crippen molar-refractivity contribution >= 4 is 44.2 Å². The minimum absolute atomic E-state index is 0.0635. The summed E-state index contributed by atoms with van der Waals surface area (Å²) in [6.45, 7) is 6.85. The molecular weight excluding hydrogens is 556 g/mol. The molecule has 1 amide bonds. The van der Waals surface area contributed by atoms with Crippen molar-refractivity contribution in [2.24, 2.45) is 12.5 Å². The third-order valence-electron chi connectivity index (χ3n) is 8.89. The Balaban J connectivity index is 1.33. The molecule has 3 aromatic rings. The number of morpholine rings is 1. The molecule has 2 saturated heterocycles. The summed E-state index contributed by atoms with van der Waals surface area (Å²) in [7, 11) is -1.90. The molecule has 3 N–H and O–H groups in total. The van der Waals surface area contributed by atoms with E-state index in [1.54, 1.807) is 19.1 Å². The highest BCUT2D eigenvalue weighted by Gasteiger charge is 2.44. The van der Waals surface area contributed by atoms with Gasteiger partial charge in [0, 0.05) is 50.9 Å². The summed E-state index contributed by atoms with van der Waals surface area (Å²) in [6, 6.07) is 7.86. The lowest BCUT2D eigenvalue weighted by Crippen LogP contribution is -2.41. The summed E-state index contributed by atoms with van der Waals surface area (Å²) < 4.78 is 36.5. The van der Waals surface area contributed by atoms with Crippen molar-refractivity contribution in [2.45, 2.75) is 56.6 Å². The zero-order valence-electron chi connectivity index (χ0n) is 24.5. The molecule has 12 heteroatoms. The van der Waals surface area contributed by atoms with Crippen LogP contribution in [-0.4, -0.2) is 80.5 Å². The first-order valence-corrected chi connectivity index (χ1v) is 16.2. The molecule has 1 spiro atoms. The number of anilines is 3. The Labute approximate surface area is 246 Å². The van der Waals surface area contributed by atoms with E-state index in [9.17, 15) is 18.3 Å². The number of rotatable bonds is 8. The molecule has 4 heterocycles. The second-order valence-corrected chi connectivity index (χ2v) is 13.9. The number of carbonyl (C=O) groups is 1. The highest BCUT2D eigenvalue weighted by Crippen LogP contribution is 2.54. The van der Waals surface area contributed by atoms with Crippen LogP contribution in [0.1, 0.15) is 49.9 Å². The topological polar surface area (TPSA) is 129 Å². The number of aliphatic hydroxyl groups is 1. The van der Waals surface area contributed by atoms with Gasteiger partial charge in [-0.05, 0) is 75.3 Å². The van der Waals surface area contributed by atoms with Crippen LogP contribution >= 0.6 is 0 Å². The molecule has 3 aliphatic rings. The molecule has 2 aliphatic heterocycles. The first kappa shape index (κ1) is 28.9. The number of piperidine rings is 1. The van der Waals surface area contributed by atoms with Crippen LogP contribution in [0.2, 0.25) is 0 Å². The second kappa shape index (κ2) is 11.1. The number of aromatic nitrogens is 2. The standard InChI is InChI=1S/C30H40N6O5S/c1-20(19-37)33-42(39,40)23-4-5-24(25(17-23)35-12-9-30(7-8-30)10-13-35)29(38)32-26-16-22-6-11-34(3)27(22)28(31-26)36-14-15-41-21(2)18-36/h4-6,11,16-17,20-21,33,37H,7-10,12-15,18-19H2,1-3H3,(H,31,32,38)/t20-,21+/m0/s1. The van der Waals surface area contributed by atoms with Gasteiger partial charge in [0.25, 0.3) is 5.91 Å². The third kappa shape index (κ3) is 5.72. The molecule has 42 heavy (non-hydrogen) atoms. The second-order valence-electron chi connectivity index (χ2n) is 12.1. The van der Waals surface area contributed by atoms with E-state index in [1.165, 1.54) is 18.9 Å². The number of sulfonamides is 1. The van der Waals surface area contributed by atoms with Gasteiger partial charge in [-0.25, -0.2) is 18.1 Å². The van der Waals surface area contributed by atoms with E-state index in [0.717, 1.165) is 42.7 Å². The van der Waals surface area contributed by atoms with Crippen molar-refractivity contribution in [3.05, 3.63) is 42.1 Å². The quantitative estimate of drug-likeness (QED) is 0.362. The number of hydrogen-bond donors (Lipinski definition) is 3. The van der Waals surface area contributed by atoms with E-state index < -0.39 is 16.1 Å². The Hall–Kier alpha value is -3.19. The number of benzene rings is 1. The Morgan fingerprint density at radius 1 is 1.14 bits per heavy atom. The smallest absolute Gasteiger partial charge is 0.258 e. The Bertz CT molecular complexity index is 1590. The zero-order valence-corrected chi connectivity index (χ0v) is 25.3. The van der Waals surface area contributed by atoms with Gasteiger partial charge < -0.3 is 29.5 Å². The first-order chi connectivity index (χ1) is 20.1. The normalized spacial score (nSPS) is 21.1. The summed E-state index contributed by atoms with van der Waals surface area (Å²) >= 11 is 0. The van der Waals surface area contributed by atoms with Crippen LogP contribution in [0.5, 0.6) is 0 Å². The van der Waals surface area contributed by atoms with Crippen molar-refractivity contribution in [1.29, 1.82) is 0 Å². The van der Waals surface area contributed by atoms with E-state index in [1.807, 2.05) is 36.9 Å². The average Bonchev–Trinajstić information content (AvgIpc) is 3.62. The fourth-order valence-corrected chi connectivity index (χ4v) is 7.43. The maximum Gasteiger partial charge on any atom is 0.258 e. The van der Waals surface area contributed by atoms with E-state index in [-0.39, 0.29) is 23.5 Å². The number of nitrogens with zero attached hydrogens (tertiary/aromatic N) is 4. The molecule has 2 aromatic heterocycles. The largest absolute Gasteiger partial charge is 0.395 e. The third-order valence-corrected chi connectivity index (χ3v) is 10.5. The minimum Gasteiger partial charge on any atom is -0.395 e. The summed E-state index contributed by atoms with van der Waals surface area (Å²) in [5.41, 5.74) is 2.39. The lowest BCUT2D eigenvalue weighted by atomic mass is 9.93. The molecular formula is C30H40N6O5S. The summed E-state index contributed by atoms with van der Waals surface area (Å²) in [5.74, 6) is 0.882. The molecule has 3 fully saturated rings. The van der Waals surface area contributed by atoms with Crippen molar-refractivity contribution in [1.82, 2.24) is 14.3 Å². The van der Waals surface area contributed by atoms with E-state index >= 15 is 0 Å². The van der Waals surface area contributed by atoms with Crippen molar-refractivity contribution in [2.75, 3.05) is 54.5 Å². The number of amides is 1. The van der Waals surface area contributed by atoms with Gasteiger partial charge in [-0.3, -0.25) is 4.79 Å². The molecule has 1 saturated carbocycles. The molecule has 6 rings (SSSR count). The first-order valence-electron chi connectivity index (χ1n) is 14.7. The molecule has 0 unspecified atom stereocenters. The van der Waals surface area contributed by atoms with Crippen LogP contribution in [0.25, 0.3) is 10.9 Å².